The molecule has 3 rings (SSSR count). The van der Waals surface area contributed by atoms with Crippen molar-refractivity contribution in [3.63, 3.8) is 0 Å². The minimum atomic E-state index is -1.21. The molecule has 0 heterocycles. The van der Waals surface area contributed by atoms with Crippen molar-refractivity contribution in [1.29, 1.82) is 0 Å². The molecule has 1 atom stereocenters. The number of hydrogen-bond donors (Lipinski definition) is 2. The molecule has 0 saturated heterocycles. The number of aryl methyl sites for hydroxylation is 1. The fourth-order valence-electron chi connectivity index (χ4n) is 4.86. The summed E-state index contributed by atoms with van der Waals surface area (Å²) < 4.78 is 34.7. The van der Waals surface area contributed by atoms with E-state index >= 15 is 4.39 Å². The molecule has 1 fully saturated rings. The molecule has 0 radical (unpaired) electrons. The number of nitrogens with zero attached hydrogens (tertiary/aromatic N) is 1. The number of nitrogens with one attached hydrogen (secondary N) is 1. The van der Waals surface area contributed by atoms with E-state index in [1.165, 1.54) is 31.5 Å². The molecule has 1 unspecified atom stereocenters. The highest BCUT2D eigenvalue weighted by molar-refractivity contribution is 6.30. The van der Waals surface area contributed by atoms with Crippen molar-refractivity contribution in [2.45, 2.75) is 84.3 Å². The van der Waals surface area contributed by atoms with Crippen LogP contribution in [0.3, 0.4) is 0 Å². The summed E-state index contributed by atoms with van der Waals surface area (Å²) in [5.41, 5.74) is 1.60. The Morgan fingerprint density at radius 3 is 2.45 bits per heavy atom. The van der Waals surface area contributed by atoms with Crippen LogP contribution in [0.25, 0.3) is 0 Å². The molecular formula is C29H37ClF2N2O4. The third-order valence-corrected chi connectivity index (χ3v) is 6.96. The van der Waals surface area contributed by atoms with Crippen molar-refractivity contribution in [3.8, 4) is 5.75 Å². The molecular weight excluding hydrogens is 514 g/mol. The lowest BCUT2D eigenvalue weighted by Gasteiger charge is -2.38. The fourth-order valence-corrected chi connectivity index (χ4v) is 5.02. The van der Waals surface area contributed by atoms with Crippen LogP contribution in [0.5, 0.6) is 5.75 Å². The first-order chi connectivity index (χ1) is 18.0. The number of aliphatic carboxylic acids is 1. The lowest BCUT2D eigenvalue weighted by atomic mass is 9.92. The number of carboxylic acid groups (broad SMARTS) is 1. The highest BCUT2D eigenvalue weighted by Crippen LogP contribution is 2.35. The van der Waals surface area contributed by atoms with E-state index in [9.17, 15) is 19.1 Å². The van der Waals surface area contributed by atoms with Gasteiger partial charge in [0.05, 0.1) is 5.69 Å². The molecule has 2 N–H and O–H groups in total. The van der Waals surface area contributed by atoms with E-state index in [0.717, 1.165) is 49.5 Å². The molecule has 0 aliphatic heterocycles. The van der Waals surface area contributed by atoms with Gasteiger partial charge in [0, 0.05) is 35.8 Å². The summed E-state index contributed by atoms with van der Waals surface area (Å²) in [5, 5.41) is 12.0. The van der Waals surface area contributed by atoms with E-state index in [1.54, 1.807) is 6.07 Å². The zero-order chi connectivity index (χ0) is 27.8. The van der Waals surface area contributed by atoms with Crippen LogP contribution in [-0.4, -0.2) is 35.7 Å². The van der Waals surface area contributed by atoms with Crippen molar-refractivity contribution < 1.29 is 28.2 Å². The standard InChI is InChI=1S/C29H37ClF2N2O4/c1-18(2)17-34(22-9-5-4-6-10-22)26-16-24(32)27(38-19(3)29(36)37)14-20(26)8-7-11-28(35)33-25-13-12-21(30)15-23(25)31/h12-16,18-19,22H,4-11,17H2,1-3H3,(H,33,35)(H,36,37). The number of benzene rings is 2. The van der Waals surface area contributed by atoms with Gasteiger partial charge in [-0.25, -0.2) is 13.6 Å². The van der Waals surface area contributed by atoms with Gasteiger partial charge >= 0.3 is 5.97 Å². The number of ether oxygens (including phenoxy) is 1. The maximum absolute atomic E-state index is 15.2. The molecule has 0 spiro atoms. The monoisotopic (exact) mass is 550 g/mol. The summed E-state index contributed by atoms with van der Waals surface area (Å²) in [7, 11) is 0. The second-order valence-electron chi connectivity index (χ2n) is 10.4. The Hall–Kier alpha value is -2.87. The van der Waals surface area contributed by atoms with Gasteiger partial charge in [-0.15, -0.1) is 0 Å². The second-order valence-corrected chi connectivity index (χ2v) is 10.8. The van der Waals surface area contributed by atoms with Gasteiger partial charge in [-0.3, -0.25) is 4.79 Å². The predicted molar refractivity (Wildman–Crippen MR) is 146 cm³/mol. The third-order valence-electron chi connectivity index (χ3n) is 6.73. The maximum atomic E-state index is 15.2. The fraction of sp³-hybridized carbons (Fsp3) is 0.517. The Balaban J connectivity index is 1.84. The van der Waals surface area contributed by atoms with Crippen molar-refractivity contribution in [3.05, 3.63) is 52.6 Å². The molecule has 1 amide bonds. The Kier molecular flexibility index (Phi) is 10.8. The van der Waals surface area contributed by atoms with E-state index in [1.807, 2.05) is 0 Å². The van der Waals surface area contributed by atoms with Crippen LogP contribution in [0.1, 0.15) is 71.3 Å². The average molecular weight is 551 g/mol. The minimum Gasteiger partial charge on any atom is -0.479 e. The van der Waals surface area contributed by atoms with Gasteiger partial charge < -0.3 is 20.1 Å². The van der Waals surface area contributed by atoms with Crippen LogP contribution in [0.2, 0.25) is 5.02 Å². The van der Waals surface area contributed by atoms with Gasteiger partial charge in [0.2, 0.25) is 5.91 Å². The van der Waals surface area contributed by atoms with Gasteiger partial charge in [0.15, 0.2) is 17.7 Å². The molecule has 0 bridgehead atoms. The number of carboxylic acids is 1. The Labute approximate surface area is 228 Å². The average Bonchev–Trinajstić information content (AvgIpc) is 2.86. The molecule has 2 aromatic carbocycles. The molecule has 208 valence electrons. The molecule has 0 aromatic heterocycles. The number of carbonyl (C=O) groups is 2. The van der Waals surface area contributed by atoms with Crippen LogP contribution >= 0.6 is 11.6 Å². The van der Waals surface area contributed by atoms with E-state index in [-0.39, 0.29) is 34.8 Å². The normalized spacial score (nSPS) is 14.8. The van der Waals surface area contributed by atoms with E-state index in [4.69, 9.17) is 16.3 Å². The molecule has 1 aliphatic carbocycles. The first kappa shape index (κ1) is 29.7. The first-order valence-electron chi connectivity index (χ1n) is 13.3. The quantitative estimate of drug-likeness (QED) is 0.291. The summed E-state index contributed by atoms with van der Waals surface area (Å²) in [6, 6.07) is 7.34. The number of amides is 1. The van der Waals surface area contributed by atoms with Crippen molar-refractivity contribution in [1.82, 2.24) is 0 Å². The van der Waals surface area contributed by atoms with Crippen molar-refractivity contribution in [2.75, 3.05) is 16.8 Å². The number of rotatable bonds is 12. The third kappa shape index (κ3) is 8.32. The van der Waals surface area contributed by atoms with Gasteiger partial charge in [-0.1, -0.05) is 44.7 Å². The van der Waals surface area contributed by atoms with Gasteiger partial charge in [-0.05, 0) is 68.4 Å². The second kappa shape index (κ2) is 13.8. The van der Waals surface area contributed by atoms with Gasteiger partial charge in [0.25, 0.3) is 0 Å². The smallest absolute Gasteiger partial charge is 0.344 e. The molecule has 6 nitrogen and oxygen atoms in total. The molecule has 1 saturated carbocycles. The predicted octanol–water partition coefficient (Wildman–Crippen LogP) is 7.23. The lowest BCUT2D eigenvalue weighted by molar-refractivity contribution is -0.144. The molecule has 1 aliphatic rings. The topological polar surface area (TPSA) is 78.9 Å². The minimum absolute atomic E-state index is 0.0561. The molecule has 38 heavy (non-hydrogen) atoms. The number of halogens is 3. The van der Waals surface area contributed by atoms with E-state index in [0.29, 0.717) is 18.8 Å². The van der Waals surface area contributed by atoms with Crippen LogP contribution in [0, 0.1) is 17.6 Å². The van der Waals surface area contributed by atoms with E-state index in [2.05, 4.69) is 24.1 Å². The largest absolute Gasteiger partial charge is 0.479 e. The Bertz CT molecular complexity index is 1120. The Morgan fingerprint density at radius 1 is 1.11 bits per heavy atom. The summed E-state index contributed by atoms with van der Waals surface area (Å²) >= 11 is 5.78. The van der Waals surface area contributed by atoms with Crippen molar-refractivity contribution >= 4 is 34.9 Å². The summed E-state index contributed by atoms with van der Waals surface area (Å²) in [6.07, 6.45) is 5.25. The highest BCUT2D eigenvalue weighted by atomic mass is 35.5. The molecule has 2 aromatic rings. The first-order valence-corrected chi connectivity index (χ1v) is 13.7. The van der Waals surface area contributed by atoms with E-state index < -0.39 is 23.7 Å². The zero-order valence-electron chi connectivity index (χ0n) is 22.2. The van der Waals surface area contributed by atoms with Crippen LogP contribution in [-0.2, 0) is 16.0 Å². The SMILES string of the molecule is CC(C)CN(c1cc(F)c(OC(C)C(=O)O)cc1CCCC(=O)Nc1ccc(Cl)cc1F)C1CCCCC1. The highest BCUT2D eigenvalue weighted by Gasteiger charge is 2.26. The van der Waals surface area contributed by atoms with Gasteiger partial charge in [-0.2, -0.15) is 0 Å². The summed E-state index contributed by atoms with van der Waals surface area (Å²) in [6.45, 7) is 6.35. The van der Waals surface area contributed by atoms with Crippen molar-refractivity contribution in [2.24, 2.45) is 5.92 Å². The van der Waals surface area contributed by atoms with Crippen LogP contribution in [0.4, 0.5) is 20.2 Å². The lowest BCUT2D eigenvalue weighted by Crippen LogP contribution is -2.40. The molecule has 9 heteroatoms. The zero-order valence-corrected chi connectivity index (χ0v) is 23.0. The number of anilines is 2. The number of carbonyl (C=O) groups excluding carboxylic acids is 1. The van der Waals surface area contributed by atoms with Crippen LogP contribution in [0.15, 0.2) is 30.3 Å². The number of hydrogen-bond acceptors (Lipinski definition) is 4. The van der Waals surface area contributed by atoms with Crippen LogP contribution < -0.4 is 15.0 Å². The van der Waals surface area contributed by atoms with Gasteiger partial charge in [0.1, 0.15) is 5.82 Å². The summed E-state index contributed by atoms with van der Waals surface area (Å²) in [4.78, 5) is 26.1. The summed E-state index contributed by atoms with van der Waals surface area (Å²) in [5.74, 6) is -2.55. The Morgan fingerprint density at radius 2 is 1.82 bits per heavy atom. The maximum Gasteiger partial charge on any atom is 0.344 e.